The fourth-order valence-corrected chi connectivity index (χ4v) is 2.96. The van der Waals surface area contributed by atoms with Crippen molar-refractivity contribution in [3.63, 3.8) is 0 Å². The van der Waals surface area contributed by atoms with E-state index >= 15 is 0 Å². The summed E-state index contributed by atoms with van der Waals surface area (Å²) in [6.07, 6.45) is 2.07. The van der Waals surface area contributed by atoms with Gasteiger partial charge in [0.25, 0.3) is 0 Å². The number of methoxy groups -OCH3 is 1. The van der Waals surface area contributed by atoms with Gasteiger partial charge in [0, 0.05) is 18.6 Å². The van der Waals surface area contributed by atoms with Crippen LogP contribution in [-0.2, 0) is 4.79 Å². The Morgan fingerprint density at radius 2 is 2.25 bits per heavy atom. The van der Waals surface area contributed by atoms with Gasteiger partial charge >= 0.3 is 0 Å². The van der Waals surface area contributed by atoms with Crippen LogP contribution in [0.3, 0.4) is 0 Å². The standard InChI is InChI=1S/C16H21ClN4O2S/c1-4-5-8-21(2)14(22)10-24-16-18-15(19-20-16)12-9-11(17)6-7-13(12)23-3/h6-7,9H,4-5,8,10H2,1-3H3,(H,18,19,20). The first-order valence-corrected chi connectivity index (χ1v) is 9.04. The number of rotatable bonds is 8. The Bertz CT molecular complexity index is 692. The highest BCUT2D eigenvalue weighted by atomic mass is 35.5. The third kappa shape index (κ3) is 4.88. The van der Waals surface area contributed by atoms with Gasteiger partial charge in [-0.15, -0.1) is 5.10 Å². The molecule has 0 aliphatic carbocycles. The molecule has 0 bridgehead atoms. The van der Waals surface area contributed by atoms with Crippen LogP contribution < -0.4 is 4.74 Å². The summed E-state index contributed by atoms with van der Waals surface area (Å²) < 4.78 is 5.32. The van der Waals surface area contributed by atoms with Gasteiger partial charge in [0.1, 0.15) is 5.75 Å². The van der Waals surface area contributed by atoms with Gasteiger partial charge in [-0.25, -0.2) is 4.98 Å². The second-order valence-electron chi connectivity index (χ2n) is 5.27. The van der Waals surface area contributed by atoms with E-state index in [2.05, 4.69) is 22.1 Å². The number of aromatic amines is 1. The molecule has 1 aromatic heterocycles. The minimum absolute atomic E-state index is 0.0696. The molecule has 0 radical (unpaired) electrons. The number of benzene rings is 1. The first-order chi connectivity index (χ1) is 11.5. The molecule has 1 N–H and O–H groups in total. The first-order valence-electron chi connectivity index (χ1n) is 7.68. The third-order valence-corrected chi connectivity index (χ3v) is 4.55. The highest BCUT2D eigenvalue weighted by molar-refractivity contribution is 7.99. The summed E-state index contributed by atoms with van der Waals surface area (Å²) in [6.45, 7) is 2.88. The second kappa shape index (κ2) is 8.94. The molecule has 0 unspecified atom stereocenters. The average molecular weight is 369 g/mol. The number of aromatic nitrogens is 3. The number of carbonyl (C=O) groups is 1. The van der Waals surface area contributed by atoms with E-state index in [0.717, 1.165) is 24.9 Å². The predicted octanol–water partition coefficient (Wildman–Crippen LogP) is 3.48. The maximum absolute atomic E-state index is 12.0. The van der Waals surface area contributed by atoms with Gasteiger partial charge in [-0.1, -0.05) is 36.7 Å². The van der Waals surface area contributed by atoms with Crippen LogP contribution in [0.5, 0.6) is 5.75 Å². The molecular formula is C16H21ClN4O2S. The van der Waals surface area contributed by atoms with Crippen molar-refractivity contribution in [1.82, 2.24) is 20.1 Å². The van der Waals surface area contributed by atoms with Crippen LogP contribution in [-0.4, -0.2) is 52.4 Å². The normalized spacial score (nSPS) is 10.7. The molecule has 0 fully saturated rings. The number of amides is 1. The van der Waals surface area contributed by atoms with Crippen molar-refractivity contribution in [3.8, 4) is 17.1 Å². The molecule has 24 heavy (non-hydrogen) atoms. The Balaban J connectivity index is 2.01. The summed E-state index contributed by atoms with van der Waals surface area (Å²) >= 11 is 7.34. The zero-order chi connectivity index (χ0) is 17.5. The van der Waals surface area contributed by atoms with E-state index in [1.54, 1.807) is 30.2 Å². The number of thioether (sulfide) groups is 1. The van der Waals surface area contributed by atoms with Crippen molar-refractivity contribution in [3.05, 3.63) is 23.2 Å². The lowest BCUT2D eigenvalue weighted by molar-refractivity contribution is -0.127. The maximum Gasteiger partial charge on any atom is 0.232 e. The van der Waals surface area contributed by atoms with E-state index in [1.165, 1.54) is 11.8 Å². The number of halogens is 1. The summed E-state index contributed by atoms with van der Waals surface area (Å²) in [5.41, 5.74) is 0.732. The zero-order valence-electron chi connectivity index (χ0n) is 14.0. The maximum atomic E-state index is 12.0. The largest absolute Gasteiger partial charge is 0.496 e. The molecule has 0 atom stereocenters. The molecule has 1 aromatic carbocycles. The molecular weight excluding hydrogens is 348 g/mol. The van der Waals surface area contributed by atoms with Crippen LogP contribution in [0.2, 0.25) is 5.02 Å². The van der Waals surface area contributed by atoms with Gasteiger partial charge in [-0.2, -0.15) is 0 Å². The Morgan fingerprint density at radius 3 is 2.96 bits per heavy atom. The lowest BCUT2D eigenvalue weighted by Gasteiger charge is -2.15. The summed E-state index contributed by atoms with van der Waals surface area (Å²) in [5.74, 6) is 1.59. The highest BCUT2D eigenvalue weighted by Gasteiger charge is 2.14. The molecule has 6 nitrogen and oxygen atoms in total. The number of carbonyl (C=O) groups excluding carboxylic acids is 1. The van der Waals surface area contributed by atoms with Crippen molar-refractivity contribution in [2.24, 2.45) is 0 Å². The lowest BCUT2D eigenvalue weighted by atomic mass is 10.2. The molecule has 0 spiro atoms. The van der Waals surface area contributed by atoms with E-state index in [1.807, 2.05) is 7.05 Å². The topological polar surface area (TPSA) is 71.1 Å². The number of hydrogen-bond acceptors (Lipinski definition) is 5. The molecule has 1 heterocycles. The van der Waals surface area contributed by atoms with Crippen LogP contribution in [0.1, 0.15) is 19.8 Å². The van der Waals surface area contributed by atoms with Crippen molar-refractivity contribution in [2.75, 3.05) is 26.5 Å². The summed E-state index contributed by atoms with van der Waals surface area (Å²) in [7, 11) is 3.41. The quantitative estimate of drug-likeness (QED) is 0.722. The minimum Gasteiger partial charge on any atom is -0.496 e. The summed E-state index contributed by atoms with van der Waals surface area (Å²) in [6, 6.07) is 5.29. The smallest absolute Gasteiger partial charge is 0.232 e. The Hall–Kier alpha value is -1.73. The fourth-order valence-electron chi connectivity index (χ4n) is 2.05. The molecule has 2 rings (SSSR count). The number of unbranched alkanes of at least 4 members (excludes halogenated alkanes) is 1. The molecule has 1 amide bonds. The van der Waals surface area contributed by atoms with Crippen molar-refractivity contribution in [1.29, 1.82) is 0 Å². The second-order valence-corrected chi connectivity index (χ2v) is 6.65. The predicted molar refractivity (Wildman–Crippen MR) is 96.6 cm³/mol. The van der Waals surface area contributed by atoms with Crippen LogP contribution in [0.4, 0.5) is 0 Å². The number of H-pyrrole nitrogens is 1. The van der Waals surface area contributed by atoms with Gasteiger partial charge in [-0.05, 0) is 24.6 Å². The zero-order valence-corrected chi connectivity index (χ0v) is 15.6. The highest BCUT2D eigenvalue weighted by Crippen LogP contribution is 2.31. The van der Waals surface area contributed by atoms with Gasteiger partial charge in [0.15, 0.2) is 5.82 Å². The molecule has 130 valence electrons. The van der Waals surface area contributed by atoms with E-state index in [0.29, 0.717) is 27.5 Å². The summed E-state index contributed by atoms with van der Waals surface area (Å²) in [4.78, 5) is 18.2. The number of nitrogens with zero attached hydrogens (tertiary/aromatic N) is 3. The van der Waals surface area contributed by atoms with E-state index < -0.39 is 0 Å². The summed E-state index contributed by atoms with van der Waals surface area (Å²) in [5, 5.41) is 8.12. The van der Waals surface area contributed by atoms with Gasteiger partial charge in [0.05, 0.1) is 18.4 Å². The van der Waals surface area contributed by atoms with Crippen molar-refractivity contribution < 1.29 is 9.53 Å². The van der Waals surface area contributed by atoms with Gasteiger partial charge in [0.2, 0.25) is 11.1 Å². The van der Waals surface area contributed by atoms with E-state index in [-0.39, 0.29) is 5.91 Å². The molecule has 0 aliphatic heterocycles. The van der Waals surface area contributed by atoms with E-state index in [4.69, 9.17) is 16.3 Å². The molecule has 2 aromatic rings. The molecule has 0 saturated heterocycles. The van der Waals surface area contributed by atoms with Crippen LogP contribution in [0.25, 0.3) is 11.4 Å². The Labute approximate surface area is 150 Å². The van der Waals surface area contributed by atoms with Crippen LogP contribution in [0.15, 0.2) is 23.4 Å². The van der Waals surface area contributed by atoms with Gasteiger partial charge < -0.3 is 9.64 Å². The minimum atomic E-state index is 0.0696. The third-order valence-electron chi connectivity index (χ3n) is 3.48. The van der Waals surface area contributed by atoms with Gasteiger partial charge in [-0.3, -0.25) is 9.89 Å². The number of nitrogens with one attached hydrogen (secondary N) is 1. The first kappa shape index (κ1) is 18.6. The Morgan fingerprint density at radius 1 is 1.46 bits per heavy atom. The molecule has 0 aliphatic rings. The lowest BCUT2D eigenvalue weighted by Crippen LogP contribution is -2.29. The van der Waals surface area contributed by atoms with Crippen LogP contribution in [0, 0.1) is 0 Å². The van der Waals surface area contributed by atoms with Crippen molar-refractivity contribution >= 4 is 29.3 Å². The Kier molecular flexibility index (Phi) is 6.93. The number of hydrogen-bond donors (Lipinski definition) is 1. The SMILES string of the molecule is CCCCN(C)C(=O)CSc1n[nH]c(-c2cc(Cl)ccc2OC)n1. The number of ether oxygens (including phenoxy) is 1. The molecule has 0 saturated carbocycles. The monoisotopic (exact) mass is 368 g/mol. The molecule has 8 heteroatoms. The fraction of sp³-hybridized carbons (Fsp3) is 0.438. The average Bonchev–Trinajstić information content (AvgIpc) is 3.06. The van der Waals surface area contributed by atoms with Crippen LogP contribution >= 0.6 is 23.4 Å². The van der Waals surface area contributed by atoms with E-state index in [9.17, 15) is 4.79 Å². The van der Waals surface area contributed by atoms with Crippen molar-refractivity contribution in [2.45, 2.75) is 24.9 Å².